The van der Waals surface area contributed by atoms with Gasteiger partial charge in [-0.1, -0.05) is 63.2 Å². The number of carbonyl (C=O) groups is 3. The van der Waals surface area contributed by atoms with Crippen LogP contribution < -0.4 is 20.3 Å². The van der Waals surface area contributed by atoms with Crippen molar-refractivity contribution in [1.29, 1.82) is 0 Å². The first-order chi connectivity index (χ1) is 27.0. The third-order valence-corrected chi connectivity index (χ3v) is 10.4. The maximum absolute atomic E-state index is 15.1. The summed E-state index contributed by atoms with van der Waals surface area (Å²) in [5.41, 5.74) is 2.36. The summed E-state index contributed by atoms with van der Waals surface area (Å²) < 4.78 is 39.9. The molecule has 1 aliphatic rings. The predicted octanol–water partition coefficient (Wildman–Crippen LogP) is 5.57. The van der Waals surface area contributed by atoms with Crippen molar-refractivity contribution in [2.24, 2.45) is 17.3 Å². The second kappa shape index (κ2) is 18.7. The van der Waals surface area contributed by atoms with Gasteiger partial charge in [-0.2, -0.15) is 0 Å². The molecule has 0 saturated heterocycles. The number of aliphatic hydroxyl groups is 2. The molecule has 304 valence electrons. The summed E-state index contributed by atoms with van der Waals surface area (Å²) in [6.07, 6.45) is -1.23. The molecule has 1 unspecified atom stereocenters. The summed E-state index contributed by atoms with van der Waals surface area (Å²) in [6.45, 7) is 5.32. The lowest BCUT2D eigenvalue weighted by Crippen LogP contribution is -2.51. The van der Waals surface area contributed by atoms with Gasteiger partial charge in [-0.3, -0.25) is 14.4 Å². The Bertz CT molecular complexity index is 2000. The van der Waals surface area contributed by atoms with Crippen LogP contribution >= 0.6 is 0 Å². The van der Waals surface area contributed by atoms with Gasteiger partial charge in [0, 0.05) is 37.3 Å². The zero-order valence-corrected chi connectivity index (χ0v) is 33.2. The lowest BCUT2D eigenvalue weighted by atomic mass is 9.77. The van der Waals surface area contributed by atoms with E-state index in [0.29, 0.717) is 5.75 Å². The van der Waals surface area contributed by atoms with E-state index in [9.17, 15) is 29.0 Å². The Labute approximate surface area is 332 Å². The van der Waals surface area contributed by atoms with Gasteiger partial charge in [-0.25, -0.2) is 13.8 Å². The van der Waals surface area contributed by atoms with Gasteiger partial charge in [0.2, 0.25) is 11.8 Å². The number of pyridine rings is 1. The lowest BCUT2D eigenvalue weighted by Gasteiger charge is -2.34. The molecule has 4 N–H and O–H groups in total. The van der Waals surface area contributed by atoms with Crippen LogP contribution in [0.1, 0.15) is 56.3 Å². The van der Waals surface area contributed by atoms with Crippen LogP contribution in [0.15, 0.2) is 85.1 Å². The minimum absolute atomic E-state index is 0.131. The number of nitrogens with zero attached hydrogens (tertiary/aromatic N) is 2. The van der Waals surface area contributed by atoms with Gasteiger partial charge < -0.3 is 35.2 Å². The third-order valence-electron chi connectivity index (χ3n) is 10.4. The fourth-order valence-electron chi connectivity index (χ4n) is 7.00. The highest BCUT2D eigenvalue weighted by molar-refractivity contribution is 5.85. The van der Waals surface area contributed by atoms with Gasteiger partial charge in [0.25, 0.3) is 0 Å². The van der Waals surface area contributed by atoms with Crippen molar-refractivity contribution in [2.45, 2.75) is 70.7 Å². The zero-order chi connectivity index (χ0) is 41.4. The van der Waals surface area contributed by atoms with Crippen LogP contribution in [-0.4, -0.2) is 79.0 Å². The van der Waals surface area contributed by atoms with Gasteiger partial charge in [0.05, 0.1) is 37.6 Å². The zero-order valence-electron chi connectivity index (χ0n) is 33.2. The molecule has 2 amide bonds. The fraction of sp³-hybridized carbons (Fsp3) is 0.409. The molecule has 6 atom stereocenters. The molecule has 1 aromatic heterocycles. The molecule has 4 aromatic rings. The van der Waals surface area contributed by atoms with E-state index in [-0.39, 0.29) is 43.4 Å². The van der Waals surface area contributed by atoms with E-state index >= 15 is 4.39 Å². The maximum atomic E-state index is 15.1. The predicted molar refractivity (Wildman–Crippen MR) is 212 cm³/mol. The summed E-state index contributed by atoms with van der Waals surface area (Å²) in [4.78, 5) is 47.0. The number of hydrogen-bond donors (Lipinski definition) is 4. The Morgan fingerprint density at radius 3 is 2.30 bits per heavy atom. The standard InChI is InChI=1S/C44H52F2N4O7/c1-44(2,3)33(23-40(53)56-6)43(55)48-35(19-26-11-13-27(14-12-26)29-15-18-39(47-24-29)50(4)5)36(51)21-30(20-28-9-7-8-10-34(28)46)42(54)49-41-32-22-31(45)16-17-38(32)57-25-37(41)52/h7-18,22,24,30,33,35-37,41,51-52H,19-21,23,25H2,1-6H3,(H,48,55)(H,49,54)/t30-,33?,35+,36+,37-,41+/m1/s1. The van der Waals surface area contributed by atoms with Gasteiger partial charge in [0.1, 0.15) is 35.9 Å². The van der Waals surface area contributed by atoms with Crippen molar-refractivity contribution in [1.82, 2.24) is 15.6 Å². The topological polar surface area (TPSA) is 150 Å². The smallest absolute Gasteiger partial charge is 0.306 e. The Morgan fingerprint density at radius 2 is 1.67 bits per heavy atom. The molecule has 11 nitrogen and oxygen atoms in total. The number of ether oxygens (including phenoxy) is 2. The number of amides is 2. The summed E-state index contributed by atoms with van der Waals surface area (Å²) in [7, 11) is 5.07. The number of aromatic nitrogens is 1. The fourth-order valence-corrected chi connectivity index (χ4v) is 7.00. The highest BCUT2D eigenvalue weighted by Gasteiger charge is 2.38. The number of fused-ring (bicyclic) bond motifs is 1. The molecular formula is C44H52F2N4O7. The molecule has 0 saturated carbocycles. The minimum atomic E-state index is -1.36. The molecule has 0 spiro atoms. The summed E-state index contributed by atoms with van der Waals surface area (Å²) in [6, 6.07) is 19.2. The van der Waals surface area contributed by atoms with Crippen LogP contribution in [0.2, 0.25) is 0 Å². The van der Waals surface area contributed by atoms with Crippen molar-refractivity contribution in [2.75, 3.05) is 32.7 Å². The van der Waals surface area contributed by atoms with E-state index in [2.05, 4.69) is 15.6 Å². The monoisotopic (exact) mass is 786 g/mol. The van der Waals surface area contributed by atoms with E-state index in [1.54, 1.807) is 18.3 Å². The van der Waals surface area contributed by atoms with Crippen molar-refractivity contribution >= 4 is 23.6 Å². The number of methoxy groups -OCH3 is 1. The molecule has 13 heteroatoms. The van der Waals surface area contributed by atoms with E-state index in [1.165, 1.54) is 37.4 Å². The van der Waals surface area contributed by atoms with Gasteiger partial charge in [0.15, 0.2) is 0 Å². The van der Waals surface area contributed by atoms with Crippen LogP contribution in [-0.2, 0) is 32.0 Å². The van der Waals surface area contributed by atoms with Crippen molar-refractivity contribution in [3.63, 3.8) is 0 Å². The second-order valence-electron chi connectivity index (χ2n) is 15.9. The number of benzene rings is 3. The second-order valence-corrected chi connectivity index (χ2v) is 15.9. The first-order valence-electron chi connectivity index (χ1n) is 19.0. The average Bonchev–Trinajstić information content (AvgIpc) is 3.18. The Kier molecular flexibility index (Phi) is 14.0. The Balaban J connectivity index is 1.45. The van der Waals surface area contributed by atoms with Crippen molar-refractivity contribution < 1.29 is 42.9 Å². The molecule has 0 aliphatic carbocycles. The average molecular weight is 787 g/mol. The lowest BCUT2D eigenvalue weighted by molar-refractivity contribution is -0.146. The SMILES string of the molecule is COC(=O)CC(C(=O)N[C@@H](Cc1ccc(-c2ccc(N(C)C)nc2)cc1)[C@@H](O)C[C@@H](Cc1ccccc1F)C(=O)N[C@H]1c2cc(F)ccc2OC[C@H]1O)C(C)(C)C. The summed E-state index contributed by atoms with van der Waals surface area (Å²) >= 11 is 0. The normalized spacial score (nSPS) is 17.2. The number of aliphatic hydroxyl groups excluding tert-OH is 2. The summed E-state index contributed by atoms with van der Waals surface area (Å²) in [5.74, 6) is -3.60. The molecule has 2 heterocycles. The highest BCUT2D eigenvalue weighted by Crippen LogP contribution is 2.34. The molecule has 0 radical (unpaired) electrons. The number of esters is 1. The quantitative estimate of drug-likeness (QED) is 0.114. The van der Waals surface area contributed by atoms with Crippen LogP contribution in [0.5, 0.6) is 5.75 Å². The largest absolute Gasteiger partial charge is 0.490 e. The van der Waals surface area contributed by atoms with E-state index in [4.69, 9.17) is 9.47 Å². The third kappa shape index (κ3) is 11.1. The number of nitrogens with one attached hydrogen (secondary N) is 2. The highest BCUT2D eigenvalue weighted by atomic mass is 19.1. The molecule has 3 aromatic carbocycles. The molecule has 1 aliphatic heterocycles. The van der Waals surface area contributed by atoms with Crippen LogP contribution in [0.3, 0.4) is 0 Å². The molecule has 57 heavy (non-hydrogen) atoms. The van der Waals surface area contributed by atoms with E-state index < -0.39 is 71.0 Å². The number of halogens is 2. The van der Waals surface area contributed by atoms with Crippen molar-refractivity contribution in [3.05, 3.63) is 113 Å². The van der Waals surface area contributed by atoms with Crippen molar-refractivity contribution in [3.8, 4) is 16.9 Å². The molecule has 5 rings (SSSR count). The Hall–Kier alpha value is -5.40. The number of hydrogen-bond acceptors (Lipinski definition) is 9. The number of carbonyl (C=O) groups excluding carboxylic acids is 3. The number of anilines is 1. The van der Waals surface area contributed by atoms with Crippen LogP contribution in [0, 0.1) is 28.9 Å². The molecule has 0 fully saturated rings. The summed E-state index contributed by atoms with van der Waals surface area (Å²) in [5, 5.41) is 28.7. The van der Waals surface area contributed by atoms with Gasteiger partial charge in [-0.15, -0.1) is 0 Å². The minimum Gasteiger partial charge on any atom is -0.490 e. The number of rotatable bonds is 15. The first-order valence-corrected chi connectivity index (χ1v) is 19.0. The van der Waals surface area contributed by atoms with E-state index in [1.807, 2.05) is 76.2 Å². The van der Waals surface area contributed by atoms with Crippen LogP contribution in [0.25, 0.3) is 11.1 Å². The molecular weight excluding hydrogens is 735 g/mol. The molecule has 0 bridgehead atoms. The van der Waals surface area contributed by atoms with Gasteiger partial charge >= 0.3 is 5.97 Å². The maximum Gasteiger partial charge on any atom is 0.306 e. The van der Waals surface area contributed by atoms with Gasteiger partial charge in [-0.05, 0) is 77.8 Å². The Morgan fingerprint density at radius 1 is 0.965 bits per heavy atom. The van der Waals surface area contributed by atoms with Crippen LogP contribution in [0.4, 0.5) is 14.6 Å². The first kappa shape index (κ1) is 42.7. The van der Waals surface area contributed by atoms with E-state index in [0.717, 1.165) is 22.5 Å².